The number of nitriles is 1. The number of pyridine rings is 1. The van der Waals surface area contributed by atoms with Crippen LogP contribution in [0.3, 0.4) is 0 Å². The van der Waals surface area contributed by atoms with E-state index in [-0.39, 0.29) is 11.7 Å². The lowest BCUT2D eigenvalue weighted by Gasteiger charge is -2.20. The van der Waals surface area contributed by atoms with Crippen molar-refractivity contribution in [1.82, 2.24) is 9.88 Å². The van der Waals surface area contributed by atoms with Crippen LogP contribution in [0.5, 0.6) is 0 Å². The Labute approximate surface area is 182 Å². The van der Waals surface area contributed by atoms with E-state index in [1.807, 2.05) is 78.6 Å². The highest BCUT2D eigenvalue weighted by molar-refractivity contribution is 8.00. The molecular weight excluding hydrogens is 390 g/mol. The largest absolute Gasteiger partial charge is 0.342 e. The quantitative estimate of drug-likeness (QED) is 0.447. The maximum absolute atomic E-state index is 12.6. The summed E-state index contributed by atoms with van der Waals surface area (Å²) in [6, 6.07) is 24.0. The number of hydrogen-bond acceptors (Lipinski definition) is 4. The zero-order valence-electron chi connectivity index (χ0n) is 17.3. The van der Waals surface area contributed by atoms with E-state index in [0.29, 0.717) is 17.1 Å². The highest BCUT2D eigenvalue weighted by Crippen LogP contribution is 2.34. The van der Waals surface area contributed by atoms with Crippen LogP contribution in [0.4, 0.5) is 0 Å². The maximum atomic E-state index is 12.6. The number of thioether (sulfide) groups is 1. The smallest absolute Gasteiger partial charge is 0.232 e. The SMILES string of the molecule is CCCN(CC)C(=O)CSc1nc(-c2ccccc2)cc(-c2ccccc2)c1C#N. The number of carbonyl (C=O) groups excluding carboxylic acids is 1. The maximum Gasteiger partial charge on any atom is 0.232 e. The van der Waals surface area contributed by atoms with Gasteiger partial charge in [0.1, 0.15) is 11.1 Å². The van der Waals surface area contributed by atoms with E-state index >= 15 is 0 Å². The number of hydrogen-bond donors (Lipinski definition) is 0. The molecule has 5 heteroatoms. The Morgan fingerprint density at radius 2 is 1.67 bits per heavy atom. The van der Waals surface area contributed by atoms with E-state index in [9.17, 15) is 10.1 Å². The summed E-state index contributed by atoms with van der Waals surface area (Å²) >= 11 is 1.34. The number of benzene rings is 2. The van der Waals surface area contributed by atoms with Crippen molar-refractivity contribution in [3.05, 3.63) is 72.3 Å². The first-order valence-electron chi connectivity index (χ1n) is 10.1. The number of carbonyl (C=O) groups is 1. The number of nitrogens with zero attached hydrogens (tertiary/aromatic N) is 3. The highest BCUT2D eigenvalue weighted by atomic mass is 32.2. The second kappa shape index (κ2) is 10.6. The van der Waals surface area contributed by atoms with Gasteiger partial charge in [0.15, 0.2) is 0 Å². The lowest BCUT2D eigenvalue weighted by Crippen LogP contribution is -2.32. The van der Waals surface area contributed by atoms with Crippen LogP contribution in [0.1, 0.15) is 25.8 Å². The summed E-state index contributed by atoms with van der Waals surface area (Å²) in [6.45, 7) is 5.48. The molecule has 0 fully saturated rings. The summed E-state index contributed by atoms with van der Waals surface area (Å²) in [4.78, 5) is 19.3. The Hall–Kier alpha value is -3.10. The minimum Gasteiger partial charge on any atom is -0.342 e. The molecule has 1 aromatic heterocycles. The third-order valence-corrected chi connectivity index (χ3v) is 5.77. The summed E-state index contributed by atoms with van der Waals surface area (Å²) in [5.41, 5.74) is 4.08. The number of aromatic nitrogens is 1. The lowest BCUT2D eigenvalue weighted by molar-refractivity contribution is -0.128. The molecule has 1 amide bonds. The van der Waals surface area contributed by atoms with Gasteiger partial charge in [-0.2, -0.15) is 5.26 Å². The Morgan fingerprint density at radius 1 is 1.03 bits per heavy atom. The zero-order chi connectivity index (χ0) is 21.3. The minimum absolute atomic E-state index is 0.0708. The minimum atomic E-state index is 0.0708. The van der Waals surface area contributed by atoms with Crippen molar-refractivity contribution in [1.29, 1.82) is 5.26 Å². The molecule has 0 aliphatic rings. The summed E-state index contributed by atoms with van der Waals surface area (Å²) < 4.78 is 0. The molecular formula is C25H25N3OS. The third kappa shape index (κ3) is 5.08. The van der Waals surface area contributed by atoms with E-state index in [0.717, 1.165) is 35.3 Å². The Balaban J connectivity index is 2.03. The fourth-order valence-electron chi connectivity index (χ4n) is 3.29. The topological polar surface area (TPSA) is 57.0 Å². The van der Waals surface area contributed by atoms with Gasteiger partial charge in [0, 0.05) is 24.2 Å². The van der Waals surface area contributed by atoms with Crippen LogP contribution in [0, 0.1) is 11.3 Å². The molecule has 0 aliphatic carbocycles. The van der Waals surface area contributed by atoms with Gasteiger partial charge in [-0.3, -0.25) is 4.79 Å². The Bertz CT molecular complexity index is 1030. The van der Waals surface area contributed by atoms with Gasteiger partial charge in [-0.1, -0.05) is 79.3 Å². The van der Waals surface area contributed by atoms with Crippen LogP contribution < -0.4 is 0 Å². The average molecular weight is 416 g/mol. The van der Waals surface area contributed by atoms with Crippen molar-refractivity contribution < 1.29 is 4.79 Å². The molecule has 0 atom stereocenters. The molecule has 152 valence electrons. The van der Waals surface area contributed by atoms with Crippen molar-refractivity contribution in [2.24, 2.45) is 0 Å². The monoisotopic (exact) mass is 415 g/mol. The Kier molecular flexibility index (Phi) is 7.64. The normalized spacial score (nSPS) is 10.4. The number of amides is 1. The summed E-state index contributed by atoms with van der Waals surface area (Å²) in [7, 11) is 0. The van der Waals surface area contributed by atoms with Crippen molar-refractivity contribution in [2.45, 2.75) is 25.3 Å². The first-order chi connectivity index (χ1) is 14.7. The van der Waals surface area contributed by atoms with E-state index < -0.39 is 0 Å². The van der Waals surface area contributed by atoms with Crippen molar-refractivity contribution >= 4 is 17.7 Å². The lowest BCUT2D eigenvalue weighted by atomic mass is 9.99. The van der Waals surface area contributed by atoms with Crippen LogP contribution in [-0.2, 0) is 4.79 Å². The predicted octanol–water partition coefficient (Wildman–Crippen LogP) is 5.64. The average Bonchev–Trinajstić information content (AvgIpc) is 2.81. The molecule has 0 aliphatic heterocycles. The fourth-order valence-corrected chi connectivity index (χ4v) is 4.19. The van der Waals surface area contributed by atoms with Crippen LogP contribution >= 0.6 is 11.8 Å². The van der Waals surface area contributed by atoms with Gasteiger partial charge in [0.25, 0.3) is 0 Å². The summed E-state index contributed by atoms with van der Waals surface area (Å²) in [5, 5.41) is 10.5. The fraction of sp³-hybridized carbons (Fsp3) is 0.240. The second-order valence-electron chi connectivity index (χ2n) is 6.84. The molecule has 3 rings (SSSR count). The van der Waals surface area contributed by atoms with Crippen LogP contribution in [-0.4, -0.2) is 34.6 Å². The van der Waals surface area contributed by atoms with Crippen molar-refractivity contribution in [3.63, 3.8) is 0 Å². The second-order valence-corrected chi connectivity index (χ2v) is 7.81. The van der Waals surface area contributed by atoms with Gasteiger partial charge in [0.2, 0.25) is 5.91 Å². The van der Waals surface area contributed by atoms with Gasteiger partial charge in [0.05, 0.1) is 17.0 Å². The van der Waals surface area contributed by atoms with E-state index in [4.69, 9.17) is 4.98 Å². The molecule has 0 spiro atoms. The molecule has 0 bridgehead atoms. The van der Waals surface area contributed by atoms with E-state index in [1.54, 1.807) is 0 Å². The van der Waals surface area contributed by atoms with Crippen LogP contribution in [0.2, 0.25) is 0 Å². The summed E-state index contributed by atoms with van der Waals surface area (Å²) in [5.74, 6) is 0.337. The molecule has 0 saturated carbocycles. The molecule has 4 nitrogen and oxygen atoms in total. The first-order valence-corrected chi connectivity index (χ1v) is 11.1. The molecule has 1 heterocycles. The molecule has 2 aromatic carbocycles. The Morgan fingerprint density at radius 3 is 2.23 bits per heavy atom. The summed E-state index contributed by atoms with van der Waals surface area (Å²) in [6.07, 6.45) is 0.924. The van der Waals surface area contributed by atoms with Gasteiger partial charge in [-0.15, -0.1) is 0 Å². The molecule has 3 aromatic rings. The van der Waals surface area contributed by atoms with Gasteiger partial charge >= 0.3 is 0 Å². The van der Waals surface area contributed by atoms with Crippen molar-refractivity contribution in [2.75, 3.05) is 18.8 Å². The standard InChI is InChI=1S/C25H25N3OS/c1-3-15-28(4-2)24(29)18-30-25-22(17-26)21(19-11-7-5-8-12-19)16-23(27-25)20-13-9-6-10-14-20/h5-14,16H,3-4,15,18H2,1-2H3. The molecule has 0 saturated heterocycles. The predicted molar refractivity (Wildman–Crippen MR) is 123 cm³/mol. The van der Waals surface area contributed by atoms with Crippen LogP contribution in [0.15, 0.2) is 71.8 Å². The van der Waals surface area contributed by atoms with Crippen molar-refractivity contribution in [3.8, 4) is 28.5 Å². The molecule has 0 unspecified atom stereocenters. The molecule has 0 radical (unpaired) electrons. The van der Waals surface area contributed by atoms with Gasteiger partial charge in [-0.25, -0.2) is 4.98 Å². The molecule has 30 heavy (non-hydrogen) atoms. The van der Waals surface area contributed by atoms with E-state index in [1.165, 1.54) is 11.8 Å². The van der Waals surface area contributed by atoms with Gasteiger partial charge in [-0.05, 0) is 25.0 Å². The van der Waals surface area contributed by atoms with Gasteiger partial charge < -0.3 is 4.90 Å². The van der Waals surface area contributed by atoms with E-state index in [2.05, 4.69) is 13.0 Å². The first kappa shape index (κ1) is 21.6. The molecule has 0 N–H and O–H groups in total. The van der Waals surface area contributed by atoms with Crippen LogP contribution in [0.25, 0.3) is 22.4 Å². The third-order valence-electron chi connectivity index (χ3n) is 4.81. The number of rotatable bonds is 8. The highest BCUT2D eigenvalue weighted by Gasteiger charge is 2.18. The zero-order valence-corrected chi connectivity index (χ0v) is 18.2.